The standard InChI is InChI=1S/C19H20BrN5O2S/c1-28(26,27)18-16(20)7-6-15(17(18)19-22-24-25-23-19)14-4-2-12(3-5-14)13-8-10-21-11-9-13/h2-7,13,21H,8-11H2,1H3,(H,22,23,24,25). The molecule has 146 valence electrons. The van der Waals surface area contributed by atoms with Gasteiger partial charge in [-0.1, -0.05) is 30.3 Å². The lowest BCUT2D eigenvalue weighted by atomic mass is 9.89. The van der Waals surface area contributed by atoms with Crippen LogP contribution in [-0.4, -0.2) is 48.4 Å². The van der Waals surface area contributed by atoms with Crippen molar-refractivity contribution in [1.82, 2.24) is 25.9 Å². The van der Waals surface area contributed by atoms with E-state index in [2.05, 4.69) is 54.0 Å². The molecule has 0 bridgehead atoms. The van der Waals surface area contributed by atoms with Gasteiger partial charge in [0.25, 0.3) is 0 Å². The lowest BCUT2D eigenvalue weighted by Gasteiger charge is -2.23. The highest BCUT2D eigenvalue weighted by Gasteiger charge is 2.25. The third kappa shape index (κ3) is 3.74. The van der Waals surface area contributed by atoms with Gasteiger partial charge in [-0.25, -0.2) is 13.5 Å². The Balaban J connectivity index is 1.84. The summed E-state index contributed by atoms with van der Waals surface area (Å²) in [6.45, 7) is 2.08. The van der Waals surface area contributed by atoms with Crippen LogP contribution >= 0.6 is 15.9 Å². The SMILES string of the molecule is CS(=O)(=O)c1c(Br)ccc(-c2ccc(C3CCNCC3)cc2)c1-c1nnn[nH]1. The number of hydrogen-bond donors (Lipinski definition) is 2. The molecule has 1 aromatic heterocycles. The average Bonchev–Trinajstić information content (AvgIpc) is 3.22. The van der Waals surface area contributed by atoms with Crippen LogP contribution in [0.25, 0.3) is 22.5 Å². The van der Waals surface area contributed by atoms with Gasteiger partial charge in [-0.2, -0.15) is 0 Å². The molecule has 1 saturated heterocycles. The Morgan fingerprint density at radius 1 is 1.07 bits per heavy atom. The molecule has 2 aromatic carbocycles. The second-order valence-corrected chi connectivity index (χ2v) is 9.77. The number of tetrazole rings is 1. The first-order valence-corrected chi connectivity index (χ1v) is 11.7. The van der Waals surface area contributed by atoms with Crippen LogP contribution in [0.3, 0.4) is 0 Å². The van der Waals surface area contributed by atoms with Gasteiger partial charge in [-0.3, -0.25) is 0 Å². The summed E-state index contributed by atoms with van der Waals surface area (Å²) in [5.74, 6) is 0.879. The minimum atomic E-state index is -3.52. The number of halogens is 1. The molecular formula is C19H20BrN5O2S. The summed E-state index contributed by atoms with van der Waals surface area (Å²) >= 11 is 3.37. The molecule has 0 spiro atoms. The monoisotopic (exact) mass is 461 g/mol. The summed E-state index contributed by atoms with van der Waals surface area (Å²) in [5, 5.41) is 17.3. The Labute approximate surface area is 172 Å². The number of aromatic nitrogens is 4. The highest BCUT2D eigenvalue weighted by molar-refractivity contribution is 9.10. The zero-order valence-electron chi connectivity index (χ0n) is 15.3. The summed E-state index contributed by atoms with van der Waals surface area (Å²) in [5.41, 5.74) is 3.46. The average molecular weight is 462 g/mol. The first-order chi connectivity index (χ1) is 13.4. The predicted molar refractivity (Wildman–Crippen MR) is 111 cm³/mol. The smallest absolute Gasteiger partial charge is 0.181 e. The van der Waals surface area contributed by atoms with E-state index in [0.29, 0.717) is 21.8 Å². The molecule has 0 unspecified atom stereocenters. The quantitative estimate of drug-likeness (QED) is 0.618. The number of rotatable bonds is 4. The minimum absolute atomic E-state index is 0.172. The zero-order valence-corrected chi connectivity index (χ0v) is 17.7. The van der Waals surface area contributed by atoms with Crippen molar-refractivity contribution in [1.29, 1.82) is 0 Å². The molecule has 3 aromatic rings. The van der Waals surface area contributed by atoms with Crippen LogP contribution in [0.5, 0.6) is 0 Å². The first kappa shape index (κ1) is 19.2. The normalized spacial score (nSPS) is 15.6. The van der Waals surface area contributed by atoms with Crippen molar-refractivity contribution in [2.45, 2.75) is 23.7 Å². The van der Waals surface area contributed by atoms with Gasteiger partial charge < -0.3 is 5.32 Å². The van der Waals surface area contributed by atoms with Crippen LogP contribution in [0.2, 0.25) is 0 Å². The maximum atomic E-state index is 12.5. The fourth-order valence-electron chi connectivity index (χ4n) is 3.75. The molecule has 7 nitrogen and oxygen atoms in total. The second-order valence-electron chi connectivity index (χ2n) is 6.97. The molecule has 0 atom stereocenters. The molecule has 28 heavy (non-hydrogen) atoms. The van der Waals surface area contributed by atoms with Gasteiger partial charge in [0.15, 0.2) is 15.7 Å². The van der Waals surface area contributed by atoms with E-state index in [9.17, 15) is 8.42 Å². The molecule has 2 heterocycles. The van der Waals surface area contributed by atoms with E-state index in [0.717, 1.165) is 37.1 Å². The first-order valence-electron chi connectivity index (χ1n) is 9.03. The van der Waals surface area contributed by atoms with E-state index in [1.165, 1.54) is 11.8 Å². The van der Waals surface area contributed by atoms with Crippen molar-refractivity contribution < 1.29 is 8.42 Å². The van der Waals surface area contributed by atoms with Crippen molar-refractivity contribution >= 4 is 25.8 Å². The Hall–Kier alpha value is -2.10. The number of sulfone groups is 1. The Bertz CT molecular complexity index is 1080. The minimum Gasteiger partial charge on any atom is -0.317 e. The zero-order chi connectivity index (χ0) is 19.7. The number of aromatic amines is 1. The molecule has 0 aliphatic carbocycles. The Morgan fingerprint density at radius 2 is 1.79 bits per heavy atom. The van der Waals surface area contributed by atoms with Crippen molar-refractivity contribution in [3.63, 3.8) is 0 Å². The topological polar surface area (TPSA) is 101 Å². The molecule has 0 saturated carbocycles. The molecule has 0 radical (unpaired) electrons. The van der Waals surface area contributed by atoms with Gasteiger partial charge in [0.2, 0.25) is 0 Å². The van der Waals surface area contributed by atoms with Crippen LogP contribution < -0.4 is 5.32 Å². The number of benzene rings is 2. The predicted octanol–water partition coefficient (Wildman–Crippen LogP) is 3.17. The maximum Gasteiger partial charge on any atom is 0.181 e. The molecule has 1 fully saturated rings. The summed E-state index contributed by atoms with van der Waals surface area (Å²) < 4.78 is 25.5. The summed E-state index contributed by atoms with van der Waals surface area (Å²) in [6.07, 6.45) is 3.44. The molecule has 4 rings (SSSR count). The highest BCUT2D eigenvalue weighted by atomic mass is 79.9. The summed E-state index contributed by atoms with van der Waals surface area (Å²) in [6, 6.07) is 12.0. The fourth-order valence-corrected chi connectivity index (χ4v) is 5.96. The van der Waals surface area contributed by atoms with Gasteiger partial charge in [0.1, 0.15) is 0 Å². The lowest BCUT2D eigenvalue weighted by molar-refractivity contribution is 0.460. The summed E-state index contributed by atoms with van der Waals surface area (Å²) in [4.78, 5) is 0.172. The van der Waals surface area contributed by atoms with E-state index in [-0.39, 0.29) is 4.90 Å². The third-order valence-electron chi connectivity index (χ3n) is 5.09. The van der Waals surface area contributed by atoms with Gasteiger partial charge in [0, 0.05) is 16.3 Å². The second kappa shape index (κ2) is 7.73. The van der Waals surface area contributed by atoms with E-state index >= 15 is 0 Å². The van der Waals surface area contributed by atoms with Crippen LogP contribution in [0, 0.1) is 0 Å². The number of hydrogen-bond acceptors (Lipinski definition) is 6. The third-order valence-corrected chi connectivity index (χ3v) is 7.18. The van der Waals surface area contributed by atoms with Crippen LogP contribution in [0.15, 0.2) is 45.8 Å². The molecule has 1 aliphatic rings. The number of piperidine rings is 1. The lowest BCUT2D eigenvalue weighted by Crippen LogP contribution is -2.26. The molecule has 1 aliphatic heterocycles. The van der Waals surface area contributed by atoms with Crippen molar-refractivity contribution in [3.8, 4) is 22.5 Å². The van der Waals surface area contributed by atoms with Gasteiger partial charge in [-0.15, -0.1) is 5.10 Å². The van der Waals surface area contributed by atoms with Crippen molar-refractivity contribution in [3.05, 3.63) is 46.4 Å². The van der Waals surface area contributed by atoms with Crippen molar-refractivity contribution in [2.24, 2.45) is 0 Å². The Kier molecular flexibility index (Phi) is 5.31. The van der Waals surface area contributed by atoms with E-state index in [4.69, 9.17) is 0 Å². The van der Waals surface area contributed by atoms with Gasteiger partial charge in [0.05, 0.1) is 4.90 Å². The van der Waals surface area contributed by atoms with Crippen LogP contribution in [0.4, 0.5) is 0 Å². The van der Waals surface area contributed by atoms with Crippen LogP contribution in [0.1, 0.15) is 24.3 Å². The number of H-pyrrole nitrogens is 1. The van der Waals surface area contributed by atoms with Gasteiger partial charge >= 0.3 is 0 Å². The van der Waals surface area contributed by atoms with Crippen LogP contribution in [-0.2, 0) is 9.84 Å². The number of nitrogens with zero attached hydrogens (tertiary/aromatic N) is 3. The highest BCUT2D eigenvalue weighted by Crippen LogP contribution is 2.40. The van der Waals surface area contributed by atoms with E-state index in [1.807, 2.05) is 18.2 Å². The Morgan fingerprint density at radius 3 is 2.39 bits per heavy atom. The fraction of sp³-hybridized carbons (Fsp3) is 0.316. The molecule has 2 N–H and O–H groups in total. The van der Waals surface area contributed by atoms with E-state index < -0.39 is 9.84 Å². The largest absolute Gasteiger partial charge is 0.317 e. The van der Waals surface area contributed by atoms with Gasteiger partial charge in [-0.05, 0) is 81.0 Å². The van der Waals surface area contributed by atoms with Crippen molar-refractivity contribution in [2.75, 3.05) is 19.3 Å². The maximum absolute atomic E-state index is 12.5. The molecule has 0 amide bonds. The van der Waals surface area contributed by atoms with E-state index in [1.54, 1.807) is 6.07 Å². The molecular weight excluding hydrogens is 442 g/mol. The summed E-state index contributed by atoms with van der Waals surface area (Å²) in [7, 11) is -3.52. The molecule has 9 heteroatoms. The number of nitrogens with one attached hydrogen (secondary N) is 2.